The summed E-state index contributed by atoms with van der Waals surface area (Å²) in [5.41, 5.74) is 0.848. The van der Waals surface area contributed by atoms with Gasteiger partial charge in [-0.1, -0.05) is 12.1 Å². The lowest BCUT2D eigenvalue weighted by atomic mass is 10.1. The molecule has 0 atom stereocenters. The number of sulfone groups is 1. The van der Waals surface area contributed by atoms with Crippen LogP contribution in [0.2, 0.25) is 0 Å². The topological polar surface area (TPSA) is 57.7 Å². The van der Waals surface area contributed by atoms with Crippen molar-refractivity contribution in [2.45, 2.75) is 11.3 Å². The Labute approximate surface area is 120 Å². The third-order valence-corrected chi connectivity index (χ3v) is 4.69. The van der Waals surface area contributed by atoms with E-state index < -0.39 is 9.84 Å². The molecule has 1 fully saturated rings. The largest absolute Gasteiger partial charge is 0.340 e. The van der Waals surface area contributed by atoms with Crippen LogP contribution in [0.5, 0.6) is 0 Å². The fraction of sp³-hybridized carbons (Fsp3) is 0.500. The number of hydrogen-bond donors (Lipinski definition) is 0. The minimum atomic E-state index is -3.18. The van der Waals surface area contributed by atoms with E-state index >= 15 is 0 Å². The SMILES string of the molecule is CN1CCN(C(=O)Cc2ccc(S(C)(=O)=O)cc2)CC1. The lowest BCUT2D eigenvalue weighted by Gasteiger charge is -2.32. The number of amides is 1. The van der Waals surface area contributed by atoms with Crippen molar-refractivity contribution in [1.29, 1.82) is 0 Å². The first kappa shape index (κ1) is 15.0. The first-order chi connectivity index (χ1) is 9.36. The van der Waals surface area contributed by atoms with E-state index in [0.29, 0.717) is 6.42 Å². The zero-order valence-electron chi connectivity index (χ0n) is 11.9. The molecule has 110 valence electrons. The molecule has 20 heavy (non-hydrogen) atoms. The molecule has 1 saturated heterocycles. The van der Waals surface area contributed by atoms with Gasteiger partial charge in [-0.25, -0.2) is 8.42 Å². The van der Waals surface area contributed by atoms with Gasteiger partial charge >= 0.3 is 0 Å². The molecule has 5 nitrogen and oxygen atoms in total. The number of likely N-dealkylation sites (N-methyl/N-ethyl adjacent to an activating group) is 1. The molecule has 1 aromatic carbocycles. The van der Waals surface area contributed by atoms with Crippen molar-refractivity contribution in [2.75, 3.05) is 39.5 Å². The van der Waals surface area contributed by atoms with Crippen LogP contribution < -0.4 is 0 Å². The molecule has 6 heteroatoms. The predicted molar refractivity (Wildman–Crippen MR) is 77.3 cm³/mol. The van der Waals surface area contributed by atoms with Crippen LogP contribution in [0.3, 0.4) is 0 Å². The number of carbonyl (C=O) groups excluding carboxylic acids is 1. The maximum atomic E-state index is 12.1. The molecule has 0 aromatic heterocycles. The Morgan fingerprint density at radius 2 is 1.65 bits per heavy atom. The second-order valence-corrected chi connectivity index (χ2v) is 7.29. The molecule has 1 aliphatic heterocycles. The highest BCUT2D eigenvalue weighted by atomic mass is 32.2. The fourth-order valence-corrected chi connectivity index (χ4v) is 2.83. The first-order valence-electron chi connectivity index (χ1n) is 6.61. The van der Waals surface area contributed by atoms with E-state index in [1.807, 2.05) is 11.9 Å². The van der Waals surface area contributed by atoms with Gasteiger partial charge in [0.15, 0.2) is 9.84 Å². The van der Waals surface area contributed by atoms with E-state index in [4.69, 9.17) is 0 Å². The van der Waals surface area contributed by atoms with Crippen LogP contribution in [0.25, 0.3) is 0 Å². The molecular formula is C14H20N2O3S. The molecular weight excluding hydrogens is 276 g/mol. The Morgan fingerprint density at radius 1 is 1.10 bits per heavy atom. The highest BCUT2D eigenvalue weighted by Crippen LogP contribution is 2.12. The molecule has 0 saturated carbocycles. The van der Waals surface area contributed by atoms with E-state index in [1.165, 1.54) is 6.26 Å². The average molecular weight is 296 g/mol. The molecule has 0 radical (unpaired) electrons. The van der Waals surface area contributed by atoms with Gasteiger partial charge in [-0.15, -0.1) is 0 Å². The van der Waals surface area contributed by atoms with Crippen molar-refractivity contribution in [2.24, 2.45) is 0 Å². The molecule has 1 aliphatic rings. The number of hydrogen-bond acceptors (Lipinski definition) is 4. The average Bonchev–Trinajstić information content (AvgIpc) is 2.39. The van der Waals surface area contributed by atoms with E-state index in [2.05, 4.69) is 4.90 Å². The number of carbonyl (C=O) groups is 1. The van der Waals surface area contributed by atoms with E-state index in [1.54, 1.807) is 24.3 Å². The number of piperazine rings is 1. The Bertz CT molecular complexity index is 573. The summed E-state index contributed by atoms with van der Waals surface area (Å²) >= 11 is 0. The summed E-state index contributed by atoms with van der Waals surface area (Å²) in [5, 5.41) is 0. The van der Waals surface area contributed by atoms with Gasteiger partial charge in [-0.05, 0) is 24.7 Å². The van der Waals surface area contributed by atoms with Crippen molar-refractivity contribution in [1.82, 2.24) is 9.80 Å². The lowest BCUT2D eigenvalue weighted by molar-refractivity contribution is -0.132. The standard InChI is InChI=1S/C14H20N2O3S/c1-15-7-9-16(10-8-15)14(17)11-12-3-5-13(6-4-12)20(2,18)19/h3-6H,7-11H2,1-2H3. The molecule has 0 N–H and O–H groups in total. The van der Waals surface area contributed by atoms with E-state index in [0.717, 1.165) is 31.7 Å². The minimum Gasteiger partial charge on any atom is -0.340 e. The smallest absolute Gasteiger partial charge is 0.227 e. The van der Waals surface area contributed by atoms with Crippen LogP contribution in [0.15, 0.2) is 29.2 Å². The van der Waals surface area contributed by atoms with Gasteiger partial charge in [0.2, 0.25) is 5.91 Å². The molecule has 1 heterocycles. The highest BCUT2D eigenvalue weighted by molar-refractivity contribution is 7.90. The summed E-state index contributed by atoms with van der Waals surface area (Å²) in [6.45, 7) is 3.32. The number of benzene rings is 1. The third-order valence-electron chi connectivity index (χ3n) is 3.56. The Kier molecular flexibility index (Phi) is 4.45. The van der Waals surface area contributed by atoms with E-state index in [-0.39, 0.29) is 10.8 Å². The number of nitrogens with zero attached hydrogens (tertiary/aromatic N) is 2. The van der Waals surface area contributed by atoms with Crippen LogP contribution in [-0.4, -0.2) is 63.6 Å². The third kappa shape index (κ3) is 3.80. The Morgan fingerprint density at radius 3 is 2.15 bits per heavy atom. The predicted octanol–water partition coefficient (Wildman–Crippen LogP) is 0.407. The van der Waals surface area contributed by atoms with Crippen LogP contribution in [0, 0.1) is 0 Å². The van der Waals surface area contributed by atoms with Crippen molar-refractivity contribution >= 4 is 15.7 Å². The highest BCUT2D eigenvalue weighted by Gasteiger charge is 2.19. The maximum Gasteiger partial charge on any atom is 0.227 e. The maximum absolute atomic E-state index is 12.1. The first-order valence-corrected chi connectivity index (χ1v) is 8.51. The Hall–Kier alpha value is -1.40. The van der Waals surface area contributed by atoms with Crippen molar-refractivity contribution < 1.29 is 13.2 Å². The summed E-state index contributed by atoms with van der Waals surface area (Å²) in [6.07, 6.45) is 1.51. The molecule has 0 aliphatic carbocycles. The monoisotopic (exact) mass is 296 g/mol. The van der Waals surface area contributed by atoms with Gasteiger partial charge in [0.05, 0.1) is 11.3 Å². The van der Waals surface area contributed by atoms with Gasteiger partial charge in [-0.3, -0.25) is 4.79 Å². The summed E-state index contributed by atoms with van der Waals surface area (Å²) in [5.74, 6) is 0.102. The van der Waals surface area contributed by atoms with Gasteiger partial charge in [0.25, 0.3) is 0 Å². The normalized spacial score (nSPS) is 17.2. The molecule has 0 unspecified atom stereocenters. The molecule has 0 spiro atoms. The van der Waals surface area contributed by atoms with Crippen LogP contribution in [-0.2, 0) is 21.1 Å². The van der Waals surface area contributed by atoms with Gasteiger partial charge in [0.1, 0.15) is 0 Å². The summed E-state index contributed by atoms with van der Waals surface area (Å²) < 4.78 is 22.7. The fourth-order valence-electron chi connectivity index (χ4n) is 2.20. The molecule has 1 amide bonds. The van der Waals surface area contributed by atoms with Crippen molar-refractivity contribution in [3.05, 3.63) is 29.8 Å². The van der Waals surface area contributed by atoms with Crippen LogP contribution in [0.1, 0.15) is 5.56 Å². The summed E-state index contributed by atoms with van der Waals surface area (Å²) in [4.78, 5) is 16.5. The quantitative estimate of drug-likeness (QED) is 0.810. The van der Waals surface area contributed by atoms with Crippen LogP contribution >= 0.6 is 0 Å². The molecule has 0 bridgehead atoms. The second kappa shape index (κ2) is 5.93. The second-order valence-electron chi connectivity index (χ2n) is 5.28. The summed E-state index contributed by atoms with van der Waals surface area (Å²) in [7, 11) is -1.13. The zero-order valence-corrected chi connectivity index (χ0v) is 12.7. The van der Waals surface area contributed by atoms with Gasteiger partial charge in [-0.2, -0.15) is 0 Å². The van der Waals surface area contributed by atoms with Crippen molar-refractivity contribution in [3.8, 4) is 0 Å². The molecule has 1 aromatic rings. The Balaban J connectivity index is 1.98. The molecule has 2 rings (SSSR count). The van der Waals surface area contributed by atoms with Gasteiger partial charge in [0, 0.05) is 32.4 Å². The van der Waals surface area contributed by atoms with Crippen LogP contribution in [0.4, 0.5) is 0 Å². The van der Waals surface area contributed by atoms with Gasteiger partial charge < -0.3 is 9.80 Å². The number of rotatable bonds is 3. The summed E-state index contributed by atoms with van der Waals surface area (Å²) in [6, 6.07) is 6.54. The lowest BCUT2D eigenvalue weighted by Crippen LogP contribution is -2.47. The minimum absolute atomic E-state index is 0.102. The van der Waals surface area contributed by atoms with E-state index in [9.17, 15) is 13.2 Å². The van der Waals surface area contributed by atoms with Crippen molar-refractivity contribution in [3.63, 3.8) is 0 Å². The zero-order chi connectivity index (χ0) is 14.8.